The summed E-state index contributed by atoms with van der Waals surface area (Å²) in [6.07, 6.45) is 0. The van der Waals surface area contributed by atoms with Crippen LogP contribution in [0.25, 0.3) is 11.3 Å². The van der Waals surface area contributed by atoms with Gasteiger partial charge in [-0.25, -0.2) is 8.42 Å². The number of pyridine rings is 1. The van der Waals surface area contributed by atoms with E-state index in [2.05, 4.69) is 9.71 Å². The van der Waals surface area contributed by atoms with Crippen molar-refractivity contribution in [3.8, 4) is 11.3 Å². The summed E-state index contributed by atoms with van der Waals surface area (Å²) in [7, 11) is -3.66. The fourth-order valence-corrected chi connectivity index (χ4v) is 3.35. The maximum atomic E-state index is 12.4. The standard InChI is InChI=1S/C18H16N2O3S/c1-13-8-10-16(11-9-13)24(22,23)20-15-5-2-4-14(12-15)17-6-3-7-18(21)19-17/h2-12,20H,1H3,(H,19,21). The number of benzene rings is 2. The minimum atomic E-state index is -3.66. The average Bonchev–Trinajstić information content (AvgIpc) is 2.55. The number of aryl methyl sites for hydroxylation is 1. The molecule has 5 nitrogen and oxygen atoms in total. The van der Waals surface area contributed by atoms with E-state index in [1.807, 2.05) is 6.92 Å². The molecule has 24 heavy (non-hydrogen) atoms. The van der Waals surface area contributed by atoms with Gasteiger partial charge in [0.05, 0.1) is 4.90 Å². The monoisotopic (exact) mass is 340 g/mol. The lowest BCUT2D eigenvalue weighted by Gasteiger charge is -2.10. The molecule has 0 fully saturated rings. The molecule has 0 bridgehead atoms. The summed E-state index contributed by atoms with van der Waals surface area (Å²) in [4.78, 5) is 14.3. The number of aromatic amines is 1. The van der Waals surface area contributed by atoms with E-state index in [-0.39, 0.29) is 10.5 Å². The van der Waals surface area contributed by atoms with Crippen molar-refractivity contribution in [2.24, 2.45) is 0 Å². The third kappa shape index (κ3) is 3.55. The zero-order chi connectivity index (χ0) is 17.2. The summed E-state index contributed by atoms with van der Waals surface area (Å²) in [5, 5.41) is 0. The first-order valence-electron chi connectivity index (χ1n) is 7.33. The van der Waals surface area contributed by atoms with Gasteiger partial charge in [0.15, 0.2) is 0 Å². The molecule has 2 aromatic carbocycles. The molecule has 0 saturated heterocycles. The van der Waals surface area contributed by atoms with E-state index in [0.717, 1.165) is 11.1 Å². The predicted octanol–water partition coefficient (Wildman–Crippen LogP) is 3.15. The normalized spacial score (nSPS) is 11.2. The van der Waals surface area contributed by atoms with Crippen LogP contribution in [0, 0.1) is 6.92 Å². The minimum absolute atomic E-state index is 0.201. The molecule has 0 amide bonds. The Kier molecular flexibility index (Phi) is 4.22. The lowest BCUT2D eigenvalue weighted by Crippen LogP contribution is -2.13. The molecule has 0 aliphatic rings. The lowest BCUT2D eigenvalue weighted by molar-refractivity contribution is 0.601. The van der Waals surface area contributed by atoms with E-state index in [4.69, 9.17) is 0 Å². The number of anilines is 1. The van der Waals surface area contributed by atoms with Gasteiger partial charge in [0, 0.05) is 23.0 Å². The van der Waals surface area contributed by atoms with Gasteiger partial charge in [-0.2, -0.15) is 0 Å². The maximum absolute atomic E-state index is 12.4. The van der Waals surface area contributed by atoms with Crippen LogP contribution in [0.2, 0.25) is 0 Å². The van der Waals surface area contributed by atoms with Crippen LogP contribution in [0.15, 0.2) is 76.4 Å². The molecule has 0 aliphatic heterocycles. The summed E-state index contributed by atoms with van der Waals surface area (Å²) in [5.74, 6) is 0. The molecule has 0 aliphatic carbocycles. The molecule has 6 heteroatoms. The summed E-state index contributed by atoms with van der Waals surface area (Å²) in [5.41, 5.74) is 2.55. The van der Waals surface area contributed by atoms with Crippen LogP contribution >= 0.6 is 0 Å². The van der Waals surface area contributed by atoms with Gasteiger partial charge in [-0.15, -0.1) is 0 Å². The first kappa shape index (κ1) is 16.0. The van der Waals surface area contributed by atoms with Crippen molar-refractivity contribution in [3.05, 3.63) is 82.6 Å². The Balaban J connectivity index is 1.92. The zero-order valence-corrected chi connectivity index (χ0v) is 13.8. The first-order chi connectivity index (χ1) is 11.4. The summed E-state index contributed by atoms with van der Waals surface area (Å²) >= 11 is 0. The Bertz CT molecular complexity index is 1020. The van der Waals surface area contributed by atoms with Crippen molar-refractivity contribution in [1.82, 2.24) is 4.98 Å². The molecule has 0 radical (unpaired) electrons. The predicted molar refractivity (Wildman–Crippen MR) is 94.5 cm³/mol. The Morgan fingerprint density at radius 3 is 2.33 bits per heavy atom. The lowest BCUT2D eigenvalue weighted by atomic mass is 10.1. The van der Waals surface area contributed by atoms with Crippen LogP contribution in [0.5, 0.6) is 0 Å². The number of hydrogen-bond donors (Lipinski definition) is 2. The quantitative estimate of drug-likeness (QED) is 0.766. The Morgan fingerprint density at radius 2 is 1.62 bits per heavy atom. The molecule has 3 aromatic rings. The molecule has 0 atom stereocenters. The van der Waals surface area contributed by atoms with Gasteiger partial charge in [-0.3, -0.25) is 9.52 Å². The molecule has 3 rings (SSSR count). The average molecular weight is 340 g/mol. The fraction of sp³-hybridized carbons (Fsp3) is 0.0556. The van der Waals surface area contributed by atoms with Crippen molar-refractivity contribution in [1.29, 1.82) is 0 Å². The number of nitrogens with one attached hydrogen (secondary N) is 2. The topological polar surface area (TPSA) is 79.0 Å². The van der Waals surface area contributed by atoms with Crippen molar-refractivity contribution in [2.45, 2.75) is 11.8 Å². The van der Waals surface area contributed by atoms with Gasteiger partial charge in [-0.05, 0) is 37.3 Å². The van der Waals surface area contributed by atoms with Gasteiger partial charge in [0.1, 0.15) is 0 Å². The van der Waals surface area contributed by atoms with Gasteiger partial charge in [0.2, 0.25) is 5.56 Å². The summed E-state index contributed by atoms with van der Waals surface area (Å²) in [6, 6.07) is 18.3. The summed E-state index contributed by atoms with van der Waals surface area (Å²) < 4.78 is 27.5. The van der Waals surface area contributed by atoms with Crippen molar-refractivity contribution in [2.75, 3.05) is 4.72 Å². The highest BCUT2D eigenvalue weighted by molar-refractivity contribution is 7.92. The van der Waals surface area contributed by atoms with Crippen molar-refractivity contribution in [3.63, 3.8) is 0 Å². The fourth-order valence-electron chi connectivity index (χ4n) is 2.30. The van der Waals surface area contributed by atoms with E-state index >= 15 is 0 Å². The van der Waals surface area contributed by atoms with Crippen LogP contribution in [0.4, 0.5) is 5.69 Å². The second-order valence-corrected chi connectivity index (χ2v) is 7.11. The number of aromatic nitrogens is 1. The van der Waals surface area contributed by atoms with E-state index < -0.39 is 10.0 Å². The highest BCUT2D eigenvalue weighted by Crippen LogP contribution is 2.22. The molecule has 1 heterocycles. The Morgan fingerprint density at radius 1 is 0.917 bits per heavy atom. The third-order valence-electron chi connectivity index (χ3n) is 3.53. The van der Waals surface area contributed by atoms with Crippen LogP contribution < -0.4 is 10.3 Å². The van der Waals surface area contributed by atoms with E-state index in [1.165, 1.54) is 6.07 Å². The van der Waals surface area contributed by atoms with Crippen molar-refractivity contribution < 1.29 is 8.42 Å². The zero-order valence-electron chi connectivity index (χ0n) is 13.0. The highest BCUT2D eigenvalue weighted by Gasteiger charge is 2.14. The van der Waals surface area contributed by atoms with Crippen LogP contribution in [-0.2, 0) is 10.0 Å². The van der Waals surface area contributed by atoms with Crippen LogP contribution in [0.3, 0.4) is 0 Å². The van der Waals surface area contributed by atoms with E-state index in [9.17, 15) is 13.2 Å². The number of H-pyrrole nitrogens is 1. The Labute approximate surface area is 140 Å². The maximum Gasteiger partial charge on any atom is 0.261 e. The third-order valence-corrected chi connectivity index (χ3v) is 4.92. The molecule has 1 aromatic heterocycles. The van der Waals surface area contributed by atoms with Crippen LogP contribution in [0.1, 0.15) is 5.56 Å². The summed E-state index contributed by atoms with van der Waals surface area (Å²) in [6.45, 7) is 1.90. The SMILES string of the molecule is Cc1ccc(S(=O)(=O)Nc2cccc(-c3cccc(=O)[nH]3)c2)cc1. The van der Waals surface area contributed by atoms with Gasteiger partial charge < -0.3 is 4.98 Å². The number of hydrogen-bond acceptors (Lipinski definition) is 3. The van der Waals surface area contributed by atoms with Gasteiger partial charge in [-0.1, -0.05) is 35.9 Å². The highest BCUT2D eigenvalue weighted by atomic mass is 32.2. The smallest absolute Gasteiger partial charge is 0.261 e. The number of sulfonamides is 1. The van der Waals surface area contributed by atoms with Crippen molar-refractivity contribution >= 4 is 15.7 Å². The molecule has 122 valence electrons. The first-order valence-corrected chi connectivity index (χ1v) is 8.82. The largest absolute Gasteiger partial charge is 0.322 e. The van der Waals surface area contributed by atoms with E-state index in [0.29, 0.717) is 11.4 Å². The molecular weight excluding hydrogens is 324 g/mol. The molecule has 0 spiro atoms. The second-order valence-electron chi connectivity index (χ2n) is 5.43. The van der Waals surface area contributed by atoms with E-state index in [1.54, 1.807) is 60.7 Å². The Hall–Kier alpha value is -2.86. The van der Waals surface area contributed by atoms with Gasteiger partial charge in [0.25, 0.3) is 10.0 Å². The molecule has 2 N–H and O–H groups in total. The molecule has 0 saturated carbocycles. The molecular formula is C18H16N2O3S. The second kappa shape index (κ2) is 6.33. The van der Waals surface area contributed by atoms with Crippen LogP contribution in [-0.4, -0.2) is 13.4 Å². The number of rotatable bonds is 4. The molecule has 0 unspecified atom stereocenters. The minimum Gasteiger partial charge on any atom is -0.322 e. The van der Waals surface area contributed by atoms with Gasteiger partial charge >= 0.3 is 0 Å².